The van der Waals surface area contributed by atoms with Crippen molar-refractivity contribution in [1.82, 2.24) is 0 Å². The van der Waals surface area contributed by atoms with Crippen LogP contribution in [-0.4, -0.2) is 30.0 Å². The molecule has 0 radical (unpaired) electrons. The number of phenols is 1. The number of aromatic hydroxyl groups is 1. The lowest BCUT2D eigenvalue weighted by Gasteiger charge is -2.13. The molecule has 0 aliphatic rings. The summed E-state index contributed by atoms with van der Waals surface area (Å²) in [6, 6.07) is 7.08. The molecule has 0 amide bonds. The Morgan fingerprint density at radius 3 is 2.79 bits per heavy atom. The number of hydrogen-bond donors (Lipinski definition) is 2. The largest absolute Gasteiger partial charge is 0.508 e. The molecule has 0 saturated heterocycles. The molecule has 0 aromatic heterocycles. The summed E-state index contributed by atoms with van der Waals surface area (Å²) in [4.78, 5) is 0. The average molecular weight is 196 g/mol. The Kier molecular flexibility index (Phi) is 4.43. The molecule has 0 fully saturated rings. The van der Waals surface area contributed by atoms with E-state index in [1.165, 1.54) is 0 Å². The number of ether oxygens (including phenoxy) is 1. The summed E-state index contributed by atoms with van der Waals surface area (Å²) >= 11 is 0. The molecule has 1 unspecified atom stereocenters. The third-order valence-electron chi connectivity index (χ3n) is 2.16. The van der Waals surface area contributed by atoms with Gasteiger partial charge in [-0.1, -0.05) is 12.1 Å². The van der Waals surface area contributed by atoms with E-state index in [-0.39, 0.29) is 18.5 Å². The van der Waals surface area contributed by atoms with Gasteiger partial charge in [-0.3, -0.25) is 0 Å². The lowest BCUT2D eigenvalue weighted by molar-refractivity contribution is 0.0779. The van der Waals surface area contributed by atoms with Crippen LogP contribution >= 0.6 is 0 Å². The maximum absolute atomic E-state index is 9.24. The van der Waals surface area contributed by atoms with Gasteiger partial charge in [-0.05, 0) is 30.5 Å². The maximum Gasteiger partial charge on any atom is 0.115 e. The van der Waals surface area contributed by atoms with Crippen molar-refractivity contribution in [2.24, 2.45) is 0 Å². The van der Waals surface area contributed by atoms with Crippen molar-refractivity contribution >= 4 is 0 Å². The number of aliphatic hydroxyl groups is 1. The van der Waals surface area contributed by atoms with E-state index >= 15 is 0 Å². The summed E-state index contributed by atoms with van der Waals surface area (Å²) in [6.07, 6.45) is 1.35. The molecule has 1 rings (SSSR count). The van der Waals surface area contributed by atoms with Crippen LogP contribution in [0.4, 0.5) is 0 Å². The average Bonchev–Trinajstić information content (AvgIpc) is 2.17. The zero-order chi connectivity index (χ0) is 10.4. The Morgan fingerprint density at radius 1 is 1.43 bits per heavy atom. The van der Waals surface area contributed by atoms with Gasteiger partial charge in [0.05, 0.1) is 6.10 Å². The van der Waals surface area contributed by atoms with Gasteiger partial charge in [0.1, 0.15) is 5.75 Å². The van der Waals surface area contributed by atoms with Crippen molar-refractivity contribution < 1.29 is 14.9 Å². The first kappa shape index (κ1) is 11.0. The number of methoxy groups -OCH3 is 1. The lowest BCUT2D eigenvalue weighted by atomic mass is 10.1. The number of phenolic OH excluding ortho intramolecular Hbond substituents is 1. The van der Waals surface area contributed by atoms with Gasteiger partial charge in [-0.2, -0.15) is 0 Å². The van der Waals surface area contributed by atoms with Crippen molar-refractivity contribution in [2.75, 3.05) is 13.7 Å². The molecule has 2 N–H and O–H groups in total. The van der Waals surface area contributed by atoms with E-state index in [1.807, 2.05) is 6.07 Å². The van der Waals surface area contributed by atoms with E-state index in [0.717, 1.165) is 5.56 Å². The van der Waals surface area contributed by atoms with Crippen molar-refractivity contribution in [3.05, 3.63) is 29.8 Å². The topological polar surface area (TPSA) is 49.7 Å². The van der Waals surface area contributed by atoms with Gasteiger partial charge in [-0.25, -0.2) is 0 Å². The highest BCUT2D eigenvalue weighted by atomic mass is 16.5. The van der Waals surface area contributed by atoms with Gasteiger partial charge in [0.2, 0.25) is 0 Å². The molecule has 0 saturated carbocycles. The lowest BCUT2D eigenvalue weighted by Crippen LogP contribution is -2.15. The normalized spacial score (nSPS) is 12.7. The second-order valence-corrected chi connectivity index (χ2v) is 3.24. The quantitative estimate of drug-likeness (QED) is 0.747. The summed E-state index contributed by atoms with van der Waals surface area (Å²) in [7, 11) is 1.63. The SMILES string of the molecule is COC(CCO)Cc1cccc(O)c1. The molecular formula is C11H16O3. The Hall–Kier alpha value is -1.06. The van der Waals surface area contributed by atoms with Crippen LogP contribution in [0.3, 0.4) is 0 Å². The maximum atomic E-state index is 9.24. The molecule has 3 heteroatoms. The summed E-state index contributed by atoms with van der Waals surface area (Å²) in [5.41, 5.74) is 1.02. The first-order chi connectivity index (χ1) is 6.76. The molecule has 14 heavy (non-hydrogen) atoms. The van der Waals surface area contributed by atoms with E-state index in [2.05, 4.69) is 0 Å². The van der Waals surface area contributed by atoms with E-state index in [4.69, 9.17) is 9.84 Å². The van der Waals surface area contributed by atoms with E-state index in [0.29, 0.717) is 12.8 Å². The fraction of sp³-hybridized carbons (Fsp3) is 0.455. The van der Waals surface area contributed by atoms with Gasteiger partial charge < -0.3 is 14.9 Å². The molecule has 0 aliphatic carbocycles. The molecule has 0 spiro atoms. The monoisotopic (exact) mass is 196 g/mol. The fourth-order valence-corrected chi connectivity index (χ4v) is 1.39. The zero-order valence-corrected chi connectivity index (χ0v) is 8.31. The first-order valence-electron chi connectivity index (χ1n) is 4.68. The fourth-order valence-electron chi connectivity index (χ4n) is 1.39. The second-order valence-electron chi connectivity index (χ2n) is 3.24. The summed E-state index contributed by atoms with van der Waals surface area (Å²) in [5.74, 6) is 0.265. The summed E-state index contributed by atoms with van der Waals surface area (Å²) < 4.78 is 5.19. The standard InChI is InChI=1S/C11H16O3/c1-14-11(5-6-12)8-9-3-2-4-10(13)7-9/h2-4,7,11-13H,5-6,8H2,1H3. The molecule has 3 nitrogen and oxygen atoms in total. The van der Waals surface area contributed by atoms with Crippen LogP contribution in [0, 0.1) is 0 Å². The Labute approximate surface area is 84.0 Å². The third kappa shape index (κ3) is 3.36. The third-order valence-corrected chi connectivity index (χ3v) is 2.16. The van der Waals surface area contributed by atoms with Gasteiger partial charge >= 0.3 is 0 Å². The highest BCUT2D eigenvalue weighted by Gasteiger charge is 2.07. The van der Waals surface area contributed by atoms with Crippen LogP contribution in [0.2, 0.25) is 0 Å². The molecule has 0 bridgehead atoms. The minimum absolute atomic E-state index is 0.0156. The number of rotatable bonds is 5. The highest BCUT2D eigenvalue weighted by Crippen LogP contribution is 2.14. The predicted molar refractivity (Wildman–Crippen MR) is 54.3 cm³/mol. The van der Waals surface area contributed by atoms with E-state index in [1.54, 1.807) is 25.3 Å². The number of hydrogen-bond acceptors (Lipinski definition) is 3. The van der Waals surface area contributed by atoms with Crippen molar-refractivity contribution in [1.29, 1.82) is 0 Å². The van der Waals surface area contributed by atoms with Crippen LogP contribution in [0.5, 0.6) is 5.75 Å². The van der Waals surface area contributed by atoms with Crippen molar-refractivity contribution in [2.45, 2.75) is 18.9 Å². The van der Waals surface area contributed by atoms with Gasteiger partial charge in [0, 0.05) is 13.7 Å². The highest BCUT2D eigenvalue weighted by molar-refractivity contribution is 5.27. The molecule has 0 heterocycles. The smallest absolute Gasteiger partial charge is 0.115 e. The van der Waals surface area contributed by atoms with Gasteiger partial charge in [-0.15, -0.1) is 0 Å². The molecule has 1 aromatic carbocycles. The Morgan fingerprint density at radius 2 is 2.21 bits per heavy atom. The molecule has 78 valence electrons. The van der Waals surface area contributed by atoms with Crippen LogP contribution < -0.4 is 0 Å². The first-order valence-corrected chi connectivity index (χ1v) is 4.68. The van der Waals surface area contributed by atoms with Crippen LogP contribution in [0.25, 0.3) is 0 Å². The van der Waals surface area contributed by atoms with Gasteiger partial charge in [0.15, 0.2) is 0 Å². The Bertz CT molecular complexity index is 273. The molecule has 0 aliphatic heterocycles. The zero-order valence-electron chi connectivity index (χ0n) is 8.31. The number of aliphatic hydroxyl groups excluding tert-OH is 1. The second kappa shape index (κ2) is 5.62. The molecular weight excluding hydrogens is 180 g/mol. The molecule has 1 atom stereocenters. The summed E-state index contributed by atoms with van der Waals surface area (Å²) in [5, 5.41) is 18.0. The minimum Gasteiger partial charge on any atom is -0.508 e. The van der Waals surface area contributed by atoms with Crippen molar-refractivity contribution in [3.63, 3.8) is 0 Å². The van der Waals surface area contributed by atoms with E-state index in [9.17, 15) is 5.11 Å². The molecule has 1 aromatic rings. The van der Waals surface area contributed by atoms with Crippen molar-refractivity contribution in [3.8, 4) is 5.75 Å². The van der Waals surface area contributed by atoms with Gasteiger partial charge in [0.25, 0.3) is 0 Å². The van der Waals surface area contributed by atoms with Crippen LogP contribution in [0.1, 0.15) is 12.0 Å². The minimum atomic E-state index is 0.0156. The predicted octanol–water partition coefficient (Wildman–Crippen LogP) is 1.33. The number of benzene rings is 1. The summed E-state index contributed by atoms with van der Waals surface area (Å²) in [6.45, 7) is 0.122. The van der Waals surface area contributed by atoms with Crippen LogP contribution in [0.15, 0.2) is 24.3 Å². The van der Waals surface area contributed by atoms with E-state index < -0.39 is 0 Å². The van der Waals surface area contributed by atoms with Crippen LogP contribution in [-0.2, 0) is 11.2 Å². The Balaban J connectivity index is 2.57.